The van der Waals surface area contributed by atoms with Gasteiger partial charge in [-0.05, 0) is 109 Å². The maximum absolute atomic E-state index is 15.2. The first-order valence-corrected chi connectivity index (χ1v) is 31.2. The van der Waals surface area contributed by atoms with Crippen LogP contribution in [0.4, 0.5) is 0 Å². The summed E-state index contributed by atoms with van der Waals surface area (Å²) >= 11 is 0. The molecule has 1 fully saturated rings. The maximum atomic E-state index is 15.2. The molecular weight excluding hydrogens is 1130 g/mol. The number of rotatable bonds is 16. The number of allylic oxidation sites excluding steroid dienone is 2. The van der Waals surface area contributed by atoms with Crippen LogP contribution in [0, 0.1) is 35.5 Å². The molecule has 0 aromatic carbocycles. The summed E-state index contributed by atoms with van der Waals surface area (Å²) in [6, 6.07) is -13.2. The van der Waals surface area contributed by atoms with Gasteiger partial charge in [-0.15, -0.1) is 0 Å². The molecule has 88 heavy (non-hydrogen) atoms. The lowest BCUT2D eigenvalue weighted by Gasteiger charge is -2.41. The van der Waals surface area contributed by atoms with E-state index in [-0.39, 0.29) is 56.3 Å². The Kier molecular flexibility index (Phi) is 31.7. The van der Waals surface area contributed by atoms with Gasteiger partial charge in [0.15, 0.2) is 0 Å². The lowest BCUT2D eigenvalue weighted by atomic mass is 9.91. The van der Waals surface area contributed by atoms with Crippen molar-refractivity contribution in [1.82, 2.24) is 55.6 Å². The topological polar surface area (TPSA) is 299 Å². The predicted molar refractivity (Wildman–Crippen MR) is 339 cm³/mol. The van der Waals surface area contributed by atoms with Crippen LogP contribution in [0.1, 0.15) is 163 Å². The van der Waals surface area contributed by atoms with E-state index in [9.17, 15) is 48.6 Å². The smallest absolute Gasteiger partial charge is 0.270 e. The average Bonchev–Trinajstić information content (AvgIpc) is 3.00. The van der Waals surface area contributed by atoms with E-state index in [2.05, 4.69) is 27.8 Å². The standard InChI is InChI=1S/C64H113N11O13/c1-26-28-29-40(13)52(76)51-56(80)67-44(27-2)59(83)69(19)43(16)58(82)73(23)48(34-64(17,18)88)55(79)68-49(38(9)10)62(86)71(21)46(32-36(5)6)54(78)65-41(14)53(77)66-42(15)57(81)72(22)47(33-37(7)8)61(85)70(20)45(31-30-35(3)4)60(84)74(24)50(39(11)12)63(87)75(51)25/h26,28,35-42,44-52,76,88H,16,27,29-34H2,1-15,17-25H3,(H,65,78)(H,66,77)(H,67,80)(H,68,79)/b28-26+/t40-,41-,42+,44+,45+,46-,47+,48+,49-,50+,51+,52-/m1/s1. The molecule has 24 nitrogen and oxygen atoms in total. The Labute approximate surface area is 525 Å². The Morgan fingerprint density at radius 2 is 1.01 bits per heavy atom. The Morgan fingerprint density at radius 1 is 0.534 bits per heavy atom. The molecule has 0 aromatic heterocycles. The van der Waals surface area contributed by atoms with E-state index in [1.807, 2.05) is 41.5 Å². The lowest BCUT2D eigenvalue weighted by Crippen LogP contribution is -2.63. The van der Waals surface area contributed by atoms with Gasteiger partial charge in [0, 0.05) is 55.8 Å². The fraction of sp³-hybridized carbons (Fsp3) is 0.766. The number of nitrogens with one attached hydrogen (secondary N) is 4. The van der Waals surface area contributed by atoms with Gasteiger partial charge >= 0.3 is 0 Å². The number of amides is 11. The van der Waals surface area contributed by atoms with Crippen molar-refractivity contribution in [2.75, 3.05) is 49.3 Å². The summed E-state index contributed by atoms with van der Waals surface area (Å²) in [5.74, 6) is -10.5. The van der Waals surface area contributed by atoms with E-state index in [1.54, 1.807) is 60.6 Å². The summed E-state index contributed by atoms with van der Waals surface area (Å²) in [5.41, 5.74) is -2.04. The number of hydrogen-bond acceptors (Lipinski definition) is 13. The molecule has 12 atom stereocenters. The second-order valence-electron chi connectivity index (χ2n) is 26.9. The number of nitrogens with zero attached hydrogens (tertiary/aromatic N) is 7. The van der Waals surface area contributed by atoms with Crippen LogP contribution >= 0.6 is 0 Å². The second kappa shape index (κ2) is 35.1. The molecule has 1 rings (SSSR count). The second-order valence-corrected chi connectivity index (χ2v) is 26.9. The summed E-state index contributed by atoms with van der Waals surface area (Å²) in [6.07, 6.45) is 2.73. The highest BCUT2D eigenvalue weighted by atomic mass is 16.3. The number of carbonyl (C=O) groups excluding carboxylic acids is 11. The van der Waals surface area contributed by atoms with E-state index < -0.39 is 161 Å². The molecule has 0 spiro atoms. The molecule has 24 heteroatoms. The van der Waals surface area contributed by atoms with Crippen LogP contribution in [0.2, 0.25) is 0 Å². The van der Waals surface area contributed by atoms with Gasteiger partial charge in [-0.25, -0.2) is 0 Å². The highest BCUT2D eigenvalue weighted by molar-refractivity contribution is 6.02. The van der Waals surface area contributed by atoms with Crippen molar-refractivity contribution in [2.24, 2.45) is 35.5 Å². The Bertz CT molecular complexity index is 2480. The molecule has 0 bridgehead atoms. The highest BCUT2D eigenvalue weighted by Crippen LogP contribution is 2.26. The van der Waals surface area contributed by atoms with Crippen LogP contribution < -0.4 is 21.3 Å². The fourth-order valence-corrected chi connectivity index (χ4v) is 10.8. The van der Waals surface area contributed by atoms with Crippen molar-refractivity contribution >= 4 is 65.0 Å². The lowest BCUT2D eigenvalue weighted by molar-refractivity contribution is -0.157. The van der Waals surface area contributed by atoms with Crippen LogP contribution in [-0.2, 0) is 52.7 Å². The highest BCUT2D eigenvalue weighted by Gasteiger charge is 2.46. The number of aliphatic hydroxyl groups excluding tert-OH is 1. The van der Waals surface area contributed by atoms with Crippen LogP contribution in [0.15, 0.2) is 24.4 Å². The van der Waals surface area contributed by atoms with E-state index in [0.29, 0.717) is 6.42 Å². The summed E-state index contributed by atoms with van der Waals surface area (Å²) < 4.78 is 0. The van der Waals surface area contributed by atoms with Gasteiger partial charge in [0.1, 0.15) is 66.1 Å². The van der Waals surface area contributed by atoms with Crippen molar-refractivity contribution in [1.29, 1.82) is 0 Å². The third-order valence-electron chi connectivity index (χ3n) is 16.6. The van der Waals surface area contributed by atoms with Crippen LogP contribution in [0.3, 0.4) is 0 Å². The molecule has 0 radical (unpaired) electrons. The predicted octanol–water partition coefficient (Wildman–Crippen LogP) is 3.29. The summed E-state index contributed by atoms with van der Waals surface area (Å²) in [5, 5.41) is 34.1. The third kappa shape index (κ3) is 22.0. The van der Waals surface area contributed by atoms with Gasteiger partial charge in [-0.2, -0.15) is 0 Å². The van der Waals surface area contributed by atoms with Crippen molar-refractivity contribution in [3.8, 4) is 0 Å². The van der Waals surface area contributed by atoms with Gasteiger partial charge in [0.25, 0.3) is 5.91 Å². The first-order chi connectivity index (χ1) is 40.4. The molecular formula is C64H113N11O13. The first kappa shape index (κ1) is 79.6. The maximum Gasteiger partial charge on any atom is 0.270 e. The monoisotopic (exact) mass is 1240 g/mol. The van der Waals surface area contributed by atoms with Crippen molar-refractivity contribution in [2.45, 2.75) is 235 Å². The minimum absolute atomic E-state index is 0.0610. The van der Waals surface area contributed by atoms with Gasteiger partial charge in [0.05, 0.1) is 11.7 Å². The number of aliphatic hydroxyl groups is 2. The zero-order valence-electron chi connectivity index (χ0n) is 57.6. The van der Waals surface area contributed by atoms with Gasteiger partial charge in [0.2, 0.25) is 59.1 Å². The minimum atomic E-state index is -1.67. The molecule has 1 aliphatic rings. The molecule has 1 saturated heterocycles. The molecule has 0 aliphatic carbocycles. The molecule has 1 heterocycles. The average molecular weight is 1240 g/mol. The SMILES string of the molecule is C=C1C(=O)N(C)[C@@H](CC(C)(C)O)C(=O)N[C@H](C(C)C)C(=O)N(C)[C@H](CC(C)C)C(=O)N[C@H](C)C(=O)N[C@@H](C)C(=O)N(C)[C@@H](CC(C)C)C(=O)N(C)[C@@H](CCC(C)C)C(=O)N(C)[C@@H](C(C)C)C(=O)N(C)[C@@H]([C@H](O)[C@H](C)C/C=C/C)C(=O)N[C@@H](CC)C(=O)N1C. The van der Waals surface area contributed by atoms with Crippen LogP contribution in [-0.4, -0.2) is 231 Å². The number of likely N-dealkylation sites (N-methyl/N-ethyl adjacent to an activating group) is 7. The van der Waals surface area contributed by atoms with E-state index in [1.165, 1.54) is 96.6 Å². The van der Waals surface area contributed by atoms with E-state index in [0.717, 1.165) is 14.7 Å². The first-order valence-electron chi connectivity index (χ1n) is 31.2. The molecule has 11 amide bonds. The molecule has 502 valence electrons. The molecule has 1 aliphatic heterocycles. The largest absolute Gasteiger partial charge is 0.390 e. The summed E-state index contributed by atoms with van der Waals surface area (Å²) in [7, 11) is 9.54. The number of carbonyl (C=O) groups is 11. The molecule has 0 unspecified atom stereocenters. The molecule has 0 aromatic rings. The normalized spacial score (nSPS) is 26.6. The number of hydrogen-bond donors (Lipinski definition) is 6. The van der Waals surface area contributed by atoms with Crippen LogP contribution in [0.5, 0.6) is 0 Å². The Morgan fingerprint density at radius 3 is 1.49 bits per heavy atom. The van der Waals surface area contributed by atoms with Crippen molar-refractivity contribution < 1.29 is 63.0 Å². The van der Waals surface area contributed by atoms with Crippen molar-refractivity contribution in [3.05, 3.63) is 24.4 Å². The van der Waals surface area contributed by atoms with Gasteiger partial charge < -0.3 is 65.8 Å². The minimum Gasteiger partial charge on any atom is -0.390 e. The fourth-order valence-electron chi connectivity index (χ4n) is 10.8. The molecule has 0 saturated carbocycles. The quantitative estimate of drug-likeness (QED) is 0.0957. The van der Waals surface area contributed by atoms with Crippen molar-refractivity contribution in [3.63, 3.8) is 0 Å². The molecule has 6 N–H and O–H groups in total. The van der Waals surface area contributed by atoms with Gasteiger partial charge in [-0.3, -0.25) is 52.7 Å². The zero-order chi connectivity index (χ0) is 68.5. The Hall–Kier alpha value is -6.43. The third-order valence-corrected chi connectivity index (χ3v) is 16.6. The Balaban J connectivity index is 4.43. The zero-order valence-corrected chi connectivity index (χ0v) is 57.6. The summed E-state index contributed by atoms with van der Waals surface area (Å²) in [6.45, 7) is 32.7. The van der Waals surface area contributed by atoms with Crippen LogP contribution in [0.25, 0.3) is 0 Å². The van der Waals surface area contributed by atoms with Gasteiger partial charge in [-0.1, -0.05) is 102 Å². The van der Waals surface area contributed by atoms with E-state index >= 15 is 14.4 Å². The summed E-state index contributed by atoms with van der Waals surface area (Å²) in [4.78, 5) is 169. The van der Waals surface area contributed by atoms with E-state index in [4.69, 9.17) is 0 Å².